The van der Waals surface area contributed by atoms with E-state index >= 15 is 0 Å². The molecule has 4 unspecified atom stereocenters. The third-order valence-corrected chi connectivity index (χ3v) is 7.40. The molecule has 0 N–H and O–H groups in total. The average Bonchev–Trinajstić information content (AvgIpc) is 2.73. The molecular weight excluding hydrogens is 385 g/mol. The van der Waals surface area contributed by atoms with Crippen molar-refractivity contribution in [2.45, 2.75) is 64.2 Å². The Hall–Kier alpha value is -1.97. The minimum absolute atomic E-state index is 0.188. The van der Waals surface area contributed by atoms with Gasteiger partial charge in [-0.3, -0.25) is 0 Å². The highest BCUT2D eigenvalue weighted by Gasteiger charge is 2.35. The lowest BCUT2D eigenvalue weighted by atomic mass is 9.63. The molecule has 0 bridgehead atoms. The predicted molar refractivity (Wildman–Crippen MR) is 114 cm³/mol. The van der Waals surface area contributed by atoms with Gasteiger partial charge in [0.1, 0.15) is 5.82 Å². The zero-order chi connectivity index (χ0) is 21.3. The van der Waals surface area contributed by atoms with Crippen LogP contribution in [0, 0.1) is 35.2 Å². The topological polar surface area (TPSA) is 9.23 Å². The quantitative estimate of drug-likeness (QED) is 0.482. The summed E-state index contributed by atoms with van der Waals surface area (Å²) in [5, 5.41) is 0. The fraction of sp³-hybridized carbons (Fsp3) is 0.538. The van der Waals surface area contributed by atoms with Gasteiger partial charge in [0, 0.05) is 5.56 Å². The summed E-state index contributed by atoms with van der Waals surface area (Å²) < 4.78 is 47.7. The van der Waals surface area contributed by atoms with Crippen LogP contribution in [-0.2, 0) is 0 Å². The highest BCUT2D eigenvalue weighted by atomic mass is 19.1. The summed E-state index contributed by atoms with van der Waals surface area (Å²) in [4.78, 5) is 0. The van der Waals surface area contributed by atoms with Crippen LogP contribution < -0.4 is 4.74 Å². The van der Waals surface area contributed by atoms with Crippen molar-refractivity contribution in [1.82, 2.24) is 0 Å². The molecule has 0 saturated heterocycles. The van der Waals surface area contributed by atoms with E-state index in [2.05, 4.69) is 6.92 Å². The van der Waals surface area contributed by atoms with E-state index < -0.39 is 23.2 Å². The van der Waals surface area contributed by atoms with E-state index in [-0.39, 0.29) is 11.1 Å². The summed E-state index contributed by atoms with van der Waals surface area (Å²) in [7, 11) is 1.21. The van der Waals surface area contributed by atoms with Crippen LogP contribution in [-0.4, -0.2) is 7.11 Å². The number of hydrogen-bond acceptors (Lipinski definition) is 1. The molecule has 4 atom stereocenters. The normalized spacial score (nSPS) is 26.3. The lowest BCUT2D eigenvalue weighted by Crippen LogP contribution is -2.30. The Kier molecular flexibility index (Phi) is 6.40. The van der Waals surface area contributed by atoms with Gasteiger partial charge in [-0.25, -0.2) is 13.2 Å². The van der Waals surface area contributed by atoms with Gasteiger partial charge < -0.3 is 4.74 Å². The highest BCUT2D eigenvalue weighted by molar-refractivity contribution is 5.66. The van der Waals surface area contributed by atoms with Gasteiger partial charge in [-0.2, -0.15) is 0 Å². The maximum absolute atomic E-state index is 14.9. The number of rotatable bonds is 5. The van der Waals surface area contributed by atoms with Crippen molar-refractivity contribution in [3.8, 4) is 16.9 Å². The Balaban J connectivity index is 1.49. The molecule has 2 aliphatic rings. The maximum Gasteiger partial charge on any atom is 0.190 e. The van der Waals surface area contributed by atoms with Crippen LogP contribution in [0.5, 0.6) is 5.75 Å². The van der Waals surface area contributed by atoms with Gasteiger partial charge in [0.05, 0.1) is 7.11 Å². The molecule has 162 valence electrons. The number of hydrogen-bond donors (Lipinski definition) is 0. The lowest BCUT2D eigenvalue weighted by molar-refractivity contribution is 0.114. The summed E-state index contributed by atoms with van der Waals surface area (Å²) in [6, 6.07) is 7.42. The smallest absolute Gasteiger partial charge is 0.190 e. The Morgan fingerprint density at radius 1 is 0.867 bits per heavy atom. The zero-order valence-corrected chi connectivity index (χ0v) is 17.9. The van der Waals surface area contributed by atoms with Gasteiger partial charge in [-0.15, -0.1) is 0 Å². The van der Waals surface area contributed by atoms with E-state index in [1.54, 1.807) is 12.1 Å². The molecule has 4 heteroatoms. The first-order valence-electron chi connectivity index (χ1n) is 11.3. The molecule has 1 nitrogen and oxygen atoms in total. The van der Waals surface area contributed by atoms with Gasteiger partial charge in [0.25, 0.3) is 0 Å². The Morgan fingerprint density at radius 2 is 1.57 bits per heavy atom. The van der Waals surface area contributed by atoms with E-state index in [0.29, 0.717) is 5.92 Å². The van der Waals surface area contributed by atoms with Gasteiger partial charge >= 0.3 is 0 Å². The second kappa shape index (κ2) is 9.03. The standard InChI is InChI=1S/C26H31F3O/c1-3-4-16-5-6-18-12-19(8-7-17(18)11-16)20-9-10-22(23(27)13-20)21-14-24(28)26(30-2)25(29)15-21/h9-10,13-19H,3-8,11-12H2,1-2H3. The summed E-state index contributed by atoms with van der Waals surface area (Å²) in [5.41, 5.74) is 1.42. The molecule has 2 aliphatic carbocycles. The predicted octanol–water partition coefficient (Wildman–Crippen LogP) is 7.88. The van der Waals surface area contributed by atoms with E-state index in [9.17, 15) is 13.2 Å². The van der Waals surface area contributed by atoms with Gasteiger partial charge in [0.2, 0.25) is 0 Å². The Morgan fingerprint density at radius 3 is 2.23 bits per heavy atom. The molecule has 0 spiro atoms. The molecule has 0 heterocycles. The molecule has 0 aliphatic heterocycles. The summed E-state index contributed by atoms with van der Waals surface area (Å²) in [5.74, 6) is 0.342. The molecule has 0 aromatic heterocycles. The number of fused-ring (bicyclic) bond motifs is 1. The Bertz CT molecular complexity index is 871. The minimum Gasteiger partial charge on any atom is -0.491 e. The number of methoxy groups -OCH3 is 1. The van der Waals surface area contributed by atoms with Crippen molar-refractivity contribution in [3.63, 3.8) is 0 Å². The number of halogens is 3. The van der Waals surface area contributed by atoms with E-state index in [4.69, 9.17) is 4.74 Å². The average molecular weight is 417 g/mol. The Labute approximate surface area is 177 Å². The van der Waals surface area contributed by atoms with Crippen molar-refractivity contribution >= 4 is 0 Å². The van der Waals surface area contributed by atoms with Crippen LogP contribution in [0.15, 0.2) is 30.3 Å². The fourth-order valence-corrected chi connectivity index (χ4v) is 5.89. The summed E-state index contributed by atoms with van der Waals surface area (Å²) in [6.45, 7) is 2.27. The maximum atomic E-state index is 14.9. The summed E-state index contributed by atoms with van der Waals surface area (Å²) >= 11 is 0. The molecule has 2 aromatic rings. The van der Waals surface area contributed by atoms with Crippen molar-refractivity contribution in [2.24, 2.45) is 17.8 Å². The second-order valence-electron chi connectivity index (χ2n) is 9.21. The molecule has 2 fully saturated rings. The third kappa shape index (κ3) is 4.24. The minimum atomic E-state index is -0.826. The molecule has 2 aromatic carbocycles. The van der Waals surface area contributed by atoms with Crippen LogP contribution >= 0.6 is 0 Å². The van der Waals surface area contributed by atoms with Crippen LogP contribution in [0.25, 0.3) is 11.1 Å². The van der Waals surface area contributed by atoms with Crippen molar-refractivity contribution in [2.75, 3.05) is 7.11 Å². The first-order chi connectivity index (χ1) is 14.5. The first-order valence-corrected chi connectivity index (χ1v) is 11.3. The fourth-order valence-electron chi connectivity index (χ4n) is 5.89. The van der Waals surface area contributed by atoms with E-state index in [0.717, 1.165) is 48.3 Å². The van der Waals surface area contributed by atoms with Crippen LogP contribution in [0.3, 0.4) is 0 Å². The molecule has 4 rings (SSSR count). The van der Waals surface area contributed by atoms with Crippen LogP contribution in [0.2, 0.25) is 0 Å². The van der Waals surface area contributed by atoms with Crippen LogP contribution in [0.1, 0.15) is 69.8 Å². The number of benzene rings is 2. The molecule has 0 radical (unpaired) electrons. The molecule has 0 amide bonds. The second-order valence-corrected chi connectivity index (χ2v) is 9.21. The molecule has 30 heavy (non-hydrogen) atoms. The van der Waals surface area contributed by atoms with E-state index in [1.165, 1.54) is 45.6 Å². The zero-order valence-electron chi connectivity index (χ0n) is 17.9. The van der Waals surface area contributed by atoms with E-state index in [1.807, 2.05) is 6.07 Å². The highest BCUT2D eigenvalue weighted by Crippen LogP contribution is 2.48. The lowest BCUT2D eigenvalue weighted by Gasteiger charge is -2.42. The van der Waals surface area contributed by atoms with Crippen molar-refractivity contribution in [3.05, 3.63) is 53.3 Å². The van der Waals surface area contributed by atoms with Gasteiger partial charge in [0.15, 0.2) is 17.4 Å². The number of ether oxygens (including phenoxy) is 1. The van der Waals surface area contributed by atoms with Gasteiger partial charge in [-0.1, -0.05) is 38.3 Å². The first kappa shape index (κ1) is 21.3. The molecular formula is C26H31F3O. The van der Waals surface area contributed by atoms with Crippen LogP contribution in [0.4, 0.5) is 13.2 Å². The summed E-state index contributed by atoms with van der Waals surface area (Å²) in [6.07, 6.45) is 10.1. The monoisotopic (exact) mass is 416 g/mol. The SMILES string of the molecule is CCCC1CCC2CC(c3ccc(-c4cc(F)c(OC)c(F)c4)c(F)c3)CCC2C1. The van der Waals surface area contributed by atoms with Crippen molar-refractivity contribution in [1.29, 1.82) is 0 Å². The van der Waals surface area contributed by atoms with Gasteiger partial charge in [-0.05, 0) is 85.1 Å². The third-order valence-electron chi connectivity index (χ3n) is 7.40. The molecule has 2 saturated carbocycles. The largest absolute Gasteiger partial charge is 0.491 e. The van der Waals surface area contributed by atoms with Crippen molar-refractivity contribution < 1.29 is 17.9 Å².